The second-order valence-corrected chi connectivity index (χ2v) is 3.81. The summed E-state index contributed by atoms with van der Waals surface area (Å²) >= 11 is 0. The van der Waals surface area contributed by atoms with E-state index in [9.17, 15) is 5.11 Å². The molecule has 0 aliphatic heterocycles. The van der Waals surface area contributed by atoms with E-state index in [1.165, 1.54) is 0 Å². The monoisotopic (exact) mass is 204 g/mol. The van der Waals surface area contributed by atoms with Crippen molar-refractivity contribution < 1.29 is 5.11 Å². The number of benzene rings is 1. The lowest BCUT2D eigenvalue weighted by Gasteiger charge is -2.07. The van der Waals surface area contributed by atoms with Gasteiger partial charge in [-0.1, -0.05) is 18.2 Å². The van der Waals surface area contributed by atoms with Crippen LogP contribution in [0.15, 0.2) is 30.5 Å². The van der Waals surface area contributed by atoms with Gasteiger partial charge in [-0.25, -0.2) is 0 Å². The molecule has 0 saturated heterocycles. The predicted molar refractivity (Wildman–Crippen MR) is 61.6 cm³/mol. The molecule has 0 radical (unpaired) electrons. The lowest BCUT2D eigenvalue weighted by molar-refractivity contribution is 0.171. The highest BCUT2D eigenvalue weighted by molar-refractivity contribution is 5.84. The molecular weight excluding hydrogens is 188 g/mol. The third-order valence-electron chi connectivity index (χ3n) is 2.73. The fourth-order valence-electron chi connectivity index (χ4n) is 1.95. The van der Waals surface area contributed by atoms with Crippen molar-refractivity contribution in [2.45, 2.75) is 12.5 Å². The van der Waals surface area contributed by atoms with Crippen LogP contribution in [0, 0.1) is 0 Å². The van der Waals surface area contributed by atoms with E-state index < -0.39 is 6.10 Å². The minimum atomic E-state index is -0.457. The van der Waals surface area contributed by atoms with Crippen LogP contribution in [0.2, 0.25) is 0 Å². The quantitative estimate of drug-likeness (QED) is 0.797. The molecule has 0 spiro atoms. The Morgan fingerprint density at radius 1 is 1.40 bits per heavy atom. The topological polar surface area (TPSA) is 51.2 Å². The van der Waals surface area contributed by atoms with Gasteiger partial charge in [0.25, 0.3) is 0 Å². The number of hydrogen-bond acceptors (Lipinski definition) is 2. The zero-order valence-corrected chi connectivity index (χ0v) is 8.85. The van der Waals surface area contributed by atoms with Crippen molar-refractivity contribution in [3.05, 3.63) is 36.0 Å². The largest absolute Gasteiger partial charge is 0.388 e. The molecule has 1 aromatic carbocycles. The van der Waals surface area contributed by atoms with Crippen molar-refractivity contribution >= 4 is 10.9 Å². The van der Waals surface area contributed by atoms with Gasteiger partial charge < -0.3 is 15.4 Å². The molecule has 0 unspecified atom stereocenters. The van der Waals surface area contributed by atoms with Crippen molar-refractivity contribution in [2.75, 3.05) is 6.54 Å². The molecule has 2 rings (SSSR count). The lowest BCUT2D eigenvalue weighted by Crippen LogP contribution is -2.06. The van der Waals surface area contributed by atoms with Gasteiger partial charge in [-0.05, 0) is 19.0 Å². The number of aryl methyl sites for hydroxylation is 1. The van der Waals surface area contributed by atoms with E-state index in [-0.39, 0.29) is 0 Å². The molecule has 80 valence electrons. The SMILES string of the molecule is Cn1cc([C@@H](O)CCN)c2ccccc21. The van der Waals surface area contributed by atoms with Gasteiger partial charge in [0.15, 0.2) is 0 Å². The highest BCUT2D eigenvalue weighted by atomic mass is 16.3. The summed E-state index contributed by atoms with van der Waals surface area (Å²) in [6.07, 6.45) is 2.13. The fraction of sp³-hybridized carbons (Fsp3) is 0.333. The molecule has 1 heterocycles. The van der Waals surface area contributed by atoms with E-state index in [2.05, 4.69) is 0 Å². The van der Waals surface area contributed by atoms with Crippen LogP contribution in [0.1, 0.15) is 18.1 Å². The first-order valence-electron chi connectivity index (χ1n) is 5.16. The van der Waals surface area contributed by atoms with E-state index in [4.69, 9.17) is 5.73 Å². The summed E-state index contributed by atoms with van der Waals surface area (Å²) in [5.41, 5.74) is 7.56. The summed E-state index contributed by atoms with van der Waals surface area (Å²) in [7, 11) is 1.99. The molecule has 0 aliphatic carbocycles. The molecule has 0 saturated carbocycles. The second-order valence-electron chi connectivity index (χ2n) is 3.81. The van der Waals surface area contributed by atoms with E-state index in [1.54, 1.807) is 0 Å². The van der Waals surface area contributed by atoms with Crippen LogP contribution in [-0.4, -0.2) is 16.2 Å². The third-order valence-corrected chi connectivity index (χ3v) is 2.73. The Kier molecular flexibility index (Phi) is 2.75. The van der Waals surface area contributed by atoms with Crippen molar-refractivity contribution in [2.24, 2.45) is 12.8 Å². The Hall–Kier alpha value is -1.32. The number of aliphatic hydroxyl groups is 1. The molecule has 3 nitrogen and oxygen atoms in total. The standard InChI is InChI=1S/C12H16N2O/c1-14-8-10(12(15)6-7-13)9-4-2-3-5-11(9)14/h2-5,8,12,15H,6-7,13H2,1H3/t12-/m0/s1. The van der Waals surface area contributed by atoms with Crippen LogP contribution in [-0.2, 0) is 7.05 Å². The summed E-state index contributed by atoms with van der Waals surface area (Å²) in [6.45, 7) is 0.504. The van der Waals surface area contributed by atoms with E-state index in [0.717, 1.165) is 16.5 Å². The molecule has 0 bridgehead atoms. The fourth-order valence-corrected chi connectivity index (χ4v) is 1.95. The number of aromatic nitrogens is 1. The van der Waals surface area contributed by atoms with Gasteiger partial charge in [0.1, 0.15) is 0 Å². The van der Waals surface area contributed by atoms with Gasteiger partial charge in [0.05, 0.1) is 6.10 Å². The van der Waals surface area contributed by atoms with Gasteiger partial charge >= 0.3 is 0 Å². The van der Waals surface area contributed by atoms with Crippen molar-refractivity contribution in [1.82, 2.24) is 4.57 Å². The second kappa shape index (κ2) is 4.04. The Morgan fingerprint density at radius 3 is 2.87 bits per heavy atom. The van der Waals surface area contributed by atoms with Gasteiger partial charge in [-0.15, -0.1) is 0 Å². The summed E-state index contributed by atoms with van der Waals surface area (Å²) in [4.78, 5) is 0. The van der Waals surface area contributed by atoms with Gasteiger partial charge in [-0.2, -0.15) is 0 Å². The summed E-state index contributed by atoms with van der Waals surface area (Å²) < 4.78 is 2.03. The summed E-state index contributed by atoms with van der Waals surface area (Å²) in [6, 6.07) is 8.07. The van der Waals surface area contributed by atoms with E-state index in [0.29, 0.717) is 13.0 Å². The first kappa shape index (κ1) is 10.2. The Labute approximate surface area is 89.1 Å². The first-order valence-corrected chi connectivity index (χ1v) is 5.16. The maximum atomic E-state index is 9.94. The van der Waals surface area contributed by atoms with Crippen molar-refractivity contribution in [3.8, 4) is 0 Å². The molecule has 1 aromatic heterocycles. The molecule has 15 heavy (non-hydrogen) atoms. The van der Waals surface area contributed by atoms with Crippen LogP contribution in [0.3, 0.4) is 0 Å². The Balaban J connectivity index is 2.52. The van der Waals surface area contributed by atoms with E-state index in [1.807, 2.05) is 42.1 Å². The molecule has 0 aliphatic rings. The third kappa shape index (κ3) is 1.76. The molecule has 3 N–H and O–H groups in total. The normalized spacial score (nSPS) is 13.3. The molecule has 0 fully saturated rings. The Morgan fingerprint density at radius 2 is 2.13 bits per heavy atom. The average molecular weight is 204 g/mol. The zero-order chi connectivity index (χ0) is 10.8. The minimum absolute atomic E-state index is 0.457. The van der Waals surface area contributed by atoms with Crippen LogP contribution in [0.5, 0.6) is 0 Å². The predicted octanol–water partition coefficient (Wildman–Crippen LogP) is 1.56. The maximum absolute atomic E-state index is 9.94. The average Bonchev–Trinajstić information content (AvgIpc) is 2.58. The van der Waals surface area contributed by atoms with Crippen molar-refractivity contribution in [1.29, 1.82) is 0 Å². The lowest BCUT2D eigenvalue weighted by atomic mass is 10.1. The smallest absolute Gasteiger partial charge is 0.0822 e. The molecule has 2 aromatic rings. The maximum Gasteiger partial charge on any atom is 0.0822 e. The number of para-hydroxylation sites is 1. The highest BCUT2D eigenvalue weighted by Gasteiger charge is 2.13. The summed E-state index contributed by atoms with van der Waals surface area (Å²) in [5, 5.41) is 11.1. The number of nitrogens with zero attached hydrogens (tertiary/aromatic N) is 1. The molecule has 1 atom stereocenters. The van der Waals surface area contributed by atoms with Crippen LogP contribution < -0.4 is 5.73 Å². The molecule has 3 heteroatoms. The zero-order valence-electron chi connectivity index (χ0n) is 8.85. The van der Waals surface area contributed by atoms with Crippen molar-refractivity contribution in [3.63, 3.8) is 0 Å². The number of aliphatic hydroxyl groups excluding tert-OH is 1. The van der Waals surface area contributed by atoms with Crippen LogP contribution in [0.4, 0.5) is 0 Å². The van der Waals surface area contributed by atoms with Gasteiger partial charge in [-0.3, -0.25) is 0 Å². The van der Waals surface area contributed by atoms with E-state index >= 15 is 0 Å². The number of nitrogens with two attached hydrogens (primary N) is 1. The minimum Gasteiger partial charge on any atom is -0.388 e. The summed E-state index contributed by atoms with van der Waals surface area (Å²) in [5.74, 6) is 0. The molecule has 0 amide bonds. The number of rotatable bonds is 3. The number of hydrogen-bond donors (Lipinski definition) is 2. The van der Waals surface area contributed by atoms with Crippen LogP contribution >= 0.6 is 0 Å². The number of fused-ring (bicyclic) bond motifs is 1. The van der Waals surface area contributed by atoms with Gasteiger partial charge in [0.2, 0.25) is 0 Å². The van der Waals surface area contributed by atoms with Gasteiger partial charge in [0, 0.05) is 29.7 Å². The highest BCUT2D eigenvalue weighted by Crippen LogP contribution is 2.27. The first-order chi connectivity index (χ1) is 7.24. The van der Waals surface area contributed by atoms with Crippen LogP contribution in [0.25, 0.3) is 10.9 Å². The Bertz CT molecular complexity index is 462. The molecular formula is C12H16N2O.